The molecule has 0 unspecified atom stereocenters. The summed E-state index contributed by atoms with van der Waals surface area (Å²) in [5.41, 5.74) is 3.52. The maximum absolute atomic E-state index is 11.6. The summed E-state index contributed by atoms with van der Waals surface area (Å²) in [7, 11) is -2.12. The molecule has 0 atom stereocenters. The van der Waals surface area contributed by atoms with Gasteiger partial charge in [0.25, 0.3) is 0 Å². The highest BCUT2D eigenvalue weighted by atomic mass is 32.2. The Bertz CT molecular complexity index is 782. The molecule has 110 valence electrons. The van der Waals surface area contributed by atoms with E-state index in [1.807, 2.05) is 43.3 Å². The van der Waals surface area contributed by atoms with Gasteiger partial charge in [-0.1, -0.05) is 18.2 Å². The normalized spacial score (nSPS) is 15.9. The fourth-order valence-electron chi connectivity index (χ4n) is 2.37. The van der Waals surface area contributed by atoms with Gasteiger partial charge in [0.05, 0.1) is 7.11 Å². The van der Waals surface area contributed by atoms with Crippen LogP contribution >= 0.6 is 0 Å². The van der Waals surface area contributed by atoms with E-state index < -0.39 is 10.3 Å². The molecule has 1 aliphatic heterocycles. The quantitative estimate of drug-likeness (QED) is 0.925. The van der Waals surface area contributed by atoms with Gasteiger partial charge in [-0.2, -0.15) is 13.1 Å². The Labute approximate surface area is 123 Å². The number of hydrogen-bond acceptors (Lipinski definition) is 4. The van der Waals surface area contributed by atoms with Crippen LogP contribution in [0.5, 0.6) is 11.5 Å². The molecule has 21 heavy (non-hydrogen) atoms. The number of fused-ring (bicyclic) bond motifs is 1. The third-order valence-corrected chi connectivity index (χ3v) is 4.23. The third kappa shape index (κ3) is 2.72. The van der Waals surface area contributed by atoms with Gasteiger partial charge < -0.3 is 8.92 Å². The van der Waals surface area contributed by atoms with Crippen molar-refractivity contribution in [1.82, 2.24) is 4.72 Å². The van der Waals surface area contributed by atoms with Crippen molar-refractivity contribution in [1.29, 1.82) is 0 Å². The minimum absolute atomic E-state index is 0.239. The lowest BCUT2D eigenvalue weighted by Gasteiger charge is -2.21. The van der Waals surface area contributed by atoms with Crippen molar-refractivity contribution in [2.24, 2.45) is 0 Å². The molecular weight excluding hydrogens is 290 g/mol. The Morgan fingerprint density at radius 1 is 1.19 bits per heavy atom. The Hall–Kier alpha value is -2.05. The molecule has 0 saturated heterocycles. The summed E-state index contributed by atoms with van der Waals surface area (Å²) in [6.07, 6.45) is 0. The lowest BCUT2D eigenvalue weighted by molar-refractivity contribution is 0.415. The average Bonchev–Trinajstić information content (AvgIpc) is 2.46. The zero-order chi connectivity index (χ0) is 15.0. The molecule has 2 aromatic rings. The fourth-order valence-corrected chi connectivity index (χ4v) is 3.18. The van der Waals surface area contributed by atoms with Crippen LogP contribution in [-0.2, 0) is 16.8 Å². The fraction of sp³-hybridized carbons (Fsp3) is 0.200. The van der Waals surface area contributed by atoms with Gasteiger partial charge >= 0.3 is 10.3 Å². The van der Waals surface area contributed by atoms with Crippen LogP contribution in [0.15, 0.2) is 36.4 Å². The van der Waals surface area contributed by atoms with Crippen molar-refractivity contribution in [2.45, 2.75) is 13.5 Å². The van der Waals surface area contributed by atoms with Crippen LogP contribution < -0.4 is 13.6 Å². The number of aryl methyl sites for hydroxylation is 1. The van der Waals surface area contributed by atoms with Crippen molar-refractivity contribution >= 4 is 10.3 Å². The summed E-state index contributed by atoms with van der Waals surface area (Å²) < 4.78 is 35.9. The summed E-state index contributed by atoms with van der Waals surface area (Å²) in [6, 6.07) is 11.3. The van der Waals surface area contributed by atoms with Gasteiger partial charge in [-0.05, 0) is 36.2 Å². The first kappa shape index (κ1) is 13.9. The zero-order valence-corrected chi connectivity index (χ0v) is 12.5. The molecule has 0 saturated carbocycles. The first-order valence-corrected chi connectivity index (χ1v) is 7.86. The smallest absolute Gasteiger partial charge is 0.382 e. The second-order valence-corrected chi connectivity index (χ2v) is 6.25. The number of methoxy groups -OCH3 is 1. The molecule has 0 spiro atoms. The molecule has 3 rings (SSSR count). The van der Waals surface area contributed by atoms with Crippen LogP contribution in [0.4, 0.5) is 0 Å². The molecular formula is C15H15NO4S. The Morgan fingerprint density at radius 3 is 2.57 bits per heavy atom. The number of ether oxygens (including phenoxy) is 1. The summed E-state index contributed by atoms with van der Waals surface area (Å²) >= 11 is 0. The molecule has 0 aliphatic carbocycles. The second kappa shape index (κ2) is 5.05. The van der Waals surface area contributed by atoms with E-state index in [4.69, 9.17) is 8.92 Å². The summed E-state index contributed by atoms with van der Waals surface area (Å²) in [5, 5.41) is 0. The van der Waals surface area contributed by atoms with Crippen molar-refractivity contribution in [3.63, 3.8) is 0 Å². The molecule has 1 heterocycles. The molecule has 1 aliphatic rings. The Kier molecular flexibility index (Phi) is 3.35. The first-order valence-electron chi connectivity index (χ1n) is 6.45. The highest BCUT2D eigenvalue weighted by Gasteiger charge is 2.25. The van der Waals surface area contributed by atoms with E-state index in [-0.39, 0.29) is 6.54 Å². The van der Waals surface area contributed by atoms with E-state index in [1.54, 1.807) is 7.11 Å². The van der Waals surface area contributed by atoms with E-state index >= 15 is 0 Å². The standard InChI is InChI=1S/C15H15NO4S/c1-10-7-12-9-16-21(17,18)20-15(12)14(8-10)11-3-5-13(19-2)6-4-11/h3-8,16H,9H2,1-2H3. The van der Waals surface area contributed by atoms with Crippen LogP contribution in [-0.4, -0.2) is 15.5 Å². The molecule has 5 nitrogen and oxygen atoms in total. The van der Waals surface area contributed by atoms with Crippen molar-refractivity contribution in [3.05, 3.63) is 47.5 Å². The van der Waals surface area contributed by atoms with E-state index in [9.17, 15) is 8.42 Å². The first-order chi connectivity index (χ1) is 9.98. The predicted octanol–water partition coefficient (Wildman–Crippen LogP) is 2.40. The molecule has 0 bridgehead atoms. The molecule has 1 N–H and O–H groups in total. The van der Waals surface area contributed by atoms with Gasteiger partial charge in [0, 0.05) is 17.7 Å². The molecule has 0 radical (unpaired) electrons. The van der Waals surface area contributed by atoms with Gasteiger partial charge in [-0.25, -0.2) is 0 Å². The maximum atomic E-state index is 11.6. The maximum Gasteiger partial charge on any atom is 0.382 e. The predicted molar refractivity (Wildman–Crippen MR) is 79.6 cm³/mol. The zero-order valence-electron chi connectivity index (χ0n) is 11.7. The van der Waals surface area contributed by atoms with Gasteiger partial charge in [-0.15, -0.1) is 0 Å². The van der Waals surface area contributed by atoms with Crippen LogP contribution in [0.3, 0.4) is 0 Å². The molecule has 0 fully saturated rings. The molecule has 0 aromatic heterocycles. The number of hydrogen-bond donors (Lipinski definition) is 1. The topological polar surface area (TPSA) is 64.6 Å². The van der Waals surface area contributed by atoms with Crippen LogP contribution in [0.25, 0.3) is 11.1 Å². The second-order valence-electron chi connectivity index (χ2n) is 4.89. The van der Waals surface area contributed by atoms with Crippen molar-refractivity contribution in [3.8, 4) is 22.6 Å². The van der Waals surface area contributed by atoms with Gasteiger partial charge in [-0.3, -0.25) is 0 Å². The van der Waals surface area contributed by atoms with Crippen molar-refractivity contribution < 1.29 is 17.3 Å². The summed E-state index contributed by atoms with van der Waals surface area (Å²) in [5.74, 6) is 1.14. The number of benzene rings is 2. The van der Waals surface area contributed by atoms with E-state index in [0.717, 1.165) is 28.0 Å². The van der Waals surface area contributed by atoms with Crippen LogP contribution in [0.2, 0.25) is 0 Å². The summed E-state index contributed by atoms with van der Waals surface area (Å²) in [6.45, 7) is 2.21. The van der Waals surface area contributed by atoms with E-state index in [1.165, 1.54) is 0 Å². The SMILES string of the molecule is COc1ccc(-c2cc(C)cc3c2OS(=O)(=O)NC3)cc1. The molecule has 6 heteroatoms. The average molecular weight is 305 g/mol. The van der Waals surface area contributed by atoms with Crippen molar-refractivity contribution in [2.75, 3.05) is 7.11 Å². The lowest BCUT2D eigenvalue weighted by Crippen LogP contribution is -2.32. The minimum Gasteiger partial charge on any atom is -0.497 e. The van der Waals surface area contributed by atoms with E-state index in [2.05, 4.69) is 4.72 Å². The van der Waals surface area contributed by atoms with E-state index in [0.29, 0.717) is 5.75 Å². The monoisotopic (exact) mass is 305 g/mol. The highest BCUT2D eigenvalue weighted by molar-refractivity contribution is 7.85. The van der Waals surface area contributed by atoms with Crippen LogP contribution in [0, 0.1) is 6.92 Å². The van der Waals surface area contributed by atoms with Gasteiger partial charge in [0.15, 0.2) is 5.75 Å². The molecule has 2 aromatic carbocycles. The largest absolute Gasteiger partial charge is 0.497 e. The van der Waals surface area contributed by atoms with Crippen LogP contribution in [0.1, 0.15) is 11.1 Å². The third-order valence-electron chi connectivity index (χ3n) is 3.34. The number of nitrogens with one attached hydrogen (secondary N) is 1. The molecule has 0 amide bonds. The van der Waals surface area contributed by atoms with Gasteiger partial charge in [0.2, 0.25) is 0 Å². The Morgan fingerprint density at radius 2 is 1.90 bits per heavy atom. The Balaban J connectivity index is 2.15. The minimum atomic E-state index is -3.73. The number of rotatable bonds is 2. The van der Waals surface area contributed by atoms with Gasteiger partial charge in [0.1, 0.15) is 5.75 Å². The lowest BCUT2D eigenvalue weighted by atomic mass is 9.98. The summed E-state index contributed by atoms with van der Waals surface area (Å²) in [4.78, 5) is 0. The highest BCUT2D eigenvalue weighted by Crippen LogP contribution is 2.37.